The van der Waals surface area contributed by atoms with Crippen LogP contribution in [0.5, 0.6) is 0 Å². The molecule has 2 aromatic rings. The van der Waals surface area contributed by atoms with E-state index in [1.807, 2.05) is 31.3 Å². The van der Waals surface area contributed by atoms with Gasteiger partial charge in [0.1, 0.15) is 0 Å². The number of nitrogens with one attached hydrogen (secondary N) is 1. The summed E-state index contributed by atoms with van der Waals surface area (Å²) < 4.78 is 2.05. The quantitative estimate of drug-likeness (QED) is 0.655. The second kappa shape index (κ2) is 6.59. The lowest BCUT2D eigenvalue weighted by molar-refractivity contribution is 0.691. The number of hydrogen-bond acceptors (Lipinski definition) is 1. The Balaban J connectivity index is 2.46. The van der Waals surface area contributed by atoms with E-state index in [2.05, 4.69) is 49.3 Å². The lowest BCUT2D eigenvalue weighted by Crippen LogP contribution is -2.17. The van der Waals surface area contributed by atoms with Gasteiger partial charge in [-0.25, -0.2) is 0 Å². The molecule has 0 radical (unpaired) electrons. The molecule has 0 bridgehead atoms. The SMILES string of the molecule is CNC(c1cc(Br)cc(Br)c1)c1ccc(Cl)c(Cl)c1. The van der Waals surface area contributed by atoms with Crippen molar-refractivity contribution in [1.29, 1.82) is 0 Å². The predicted octanol–water partition coefficient (Wildman–Crippen LogP) is 5.83. The molecule has 2 aromatic carbocycles. The Kier molecular flexibility index (Phi) is 5.32. The first-order valence-corrected chi connectivity index (χ1v) is 7.93. The van der Waals surface area contributed by atoms with Gasteiger partial charge in [0.05, 0.1) is 16.1 Å². The highest BCUT2D eigenvalue weighted by molar-refractivity contribution is 9.11. The highest BCUT2D eigenvalue weighted by Crippen LogP contribution is 2.31. The minimum absolute atomic E-state index is 0.0589. The van der Waals surface area contributed by atoms with Gasteiger partial charge in [-0.3, -0.25) is 0 Å². The van der Waals surface area contributed by atoms with E-state index in [0.717, 1.165) is 20.1 Å². The Morgan fingerprint density at radius 2 is 1.53 bits per heavy atom. The minimum Gasteiger partial charge on any atom is -0.309 e. The fraction of sp³-hybridized carbons (Fsp3) is 0.143. The van der Waals surface area contributed by atoms with E-state index in [1.54, 1.807) is 0 Å². The summed E-state index contributed by atoms with van der Waals surface area (Å²) in [5, 5.41) is 4.42. The molecule has 0 saturated carbocycles. The van der Waals surface area contributed by atoms with Gasteiger partial charge in [0.2, 0.25) is 0 Å². The predicted molar refractivity (Wildman–Crippen MR) is 89.2 cm³/mol. The van der Waals surface area contributed by atoms with E-state index in [1.165, 1.54) is 0 Å². The van der Waals surface area contributed by atoms with Crippen molar-refractivity contribution in [2.45, 2.75) is 6.04 Å². The first kappa shape index (κ1) is 15.3. The molecule has 1 atom stereocenters. The highest BCUT2D eigenvalue weighted by atomic mass is 79.9. The molecule has 1 nitrogen and oxygen atoms in total. The molecule has 0 aliphatic carbocycles. The number of halogens is 4. The van der Waals surface area contributed by atoms with Crippen LogP contribution >= 0.6 is 55.1 Å². The summed E-state index contributed by atoms with van der Waals surface area (Å²) in [7, 11) is 1.92. The lowest BCUT2D eigenvalue weighted by Gasteiger charge is -2.18. The van der Waals surface area contributed by atoms with Crippen molar-refractivity contribution >= 4 is 55.1 Å². The molecule has 0 amide bonds. The fourth-order valence-corrected chi connectivity index (χ4v) is 3.60. The van der Waals surface area contributed by atoms with Gasteiger partial charge < -0.3 is 5.32 Å². The molecule has 0 saturated heterocycles. The zero-order chi connectivity index (χ0) is 14.0. The van der Waals surface area contributed by atoms with Crippen LogP contribution in [0, 0.1) is 0 Å². The number of rotatable bonds is 3. The summed E-state index contributed by atoms with van der Waals surface area (Å²) >= 11 is 19.1. The molecule has 0 heterocycles. The van der Waals surface area contributed by atoms with Gasteiger partial charge >= 0.3 is 0 Å². The third-order valence-corrected chi connectivity index (χ3v) is 4.44. The first-order valence-electron chi connectivity index (χ1n) is 5.59. The highest BCUT2D eigenvalue weighted by Gasteiger charge is 2.14. The molecule has 1 unspecified atom stereocenters. The van der Waals surface area contributed by atoms with E-state index in [4.69, 9.17) is 23.2 Å². The van der Waals surface area contributed by atoms with Crippen LogP contribution in [-0.2, 0) is 0 Å². The first-order chi connectivity index (χ1) is 9.01. The van der Waals surface area contributed by atoms with Crippen molar-refractivity contribution in [3.05, 3.63) is 66.5 Å². The van der Waals surface area contributed by atoms with Gasteiger partial charge in [-0.1, -0.05) is 61.1 Å². The van der Waals surface area contributed by atoms with Crippen LogP contribution in [0.1, 0.15) is 17.2 Å². The van der Waals surface area contributed by atoms with E-state index in [-0.39, 0.29) is 6.04 Å². The second-order valence-electron chi connectivity index (χ2n) is 4.10. The maximum atomic E-state index is 6.09. The molecule has 0 spiro atoms. The van der Waals surface area contributed by atoms with Crippen LogP contribution in [0.4, 0.5) is 0 Å². The Bertz CT molecular complexity index is 582. The van der Waals surface area contributed by atoms with Crippen LogP contribution in [0.2, 0.25) is 10.0 Å². The molecule has 0 aromatic heterocycles. The van der Waals surface area contributed by atoms with Crippen molar-refractivity contribution in [3.63, 3.8) is 0 Å². The molecule has 100 valence electrons. The van der Waals surface area contributed by atoms with Crippen LogP contribution < -0.4 is 5.32 Å². The van der Waals surface area contributed by atoms with Gasteiger partial charge in [0, 0.05) is 8.95 Å². The summed E-state index contributed by atoms with van der Waals surface area (Å²) in [6.07, 6.45) is 0. The van der Waals surface area contributed by atoms with Crippen LogP contribution in [-0.4, -0.2) is 7.05 Å². The molecule has 0 aliphatic heterocycles. The zero-order valence-corrected chi connectivity index (χ0v) is 14.7. The van der Waals surface area contributed by atoms with E-state index in [0.29, 0.717) is 10.0 Å². The van der Waals surface area contributed by atoms with Crippen molar-refractivity contribution in [1.82, 2.24) is 5.32 Å². The standard InChI is InChI=1S/C14H11Br2Cl2N/c1-19-14(8-2-3-12(17)13(18)6-8)9-4-10(15)7-11(16)5-9/h2-7,14,19H,1H3. The normalized spacial score (nSPS) is 12.5. The summed E-state index contributed by atoms with van der Waals surface area (Å²) in [4.78, 5) is 0. The molecule has 19 heavy (non-hydrogen) atoms. The van der Waals surface area contributed by atoms with Gasteiger partial charge in [-0.2, -0.15) is 0 Å². The average Bonchev–Trinajstić information content (AvgIpc) is 2.33. The molecular weight excluding hydrogens is 413 g/mol. The van der Waals surface area contributed by atoms with Crippen LogP contribution in [0.3, 0.4) is 0 Å². The zero-order valence-electron chi connectivity index (χ0n) is 10.1. The maximum absolute atomic E-state index is 6.09. The number of hydrogen-bond donors (Lipinski definition) is 1. The molecule has 2 rings (SSSR count). The largest absolute Gasteiger partial charge is 0.309 e. The molecular formula is C14H11Br2Cl2N. The lowest BCUT2D eigenvalue weighted by atomic mass is 9.99. The van der Waals surface area contributed by atoms with E-state index >= 15 is 0 Å². The smallest absolute Gasteiger partial charge is 0.0595 e. The van der Waals surface area contributed by atoms with Gasteiger partial charge in [-0.05, 0) is 48.5 Å². The van der Waals surface area contributed by atoms with Gasteiger partial charge in [0.25, 0.3) is 0 Å². The average molecular weight is 424 g/mol. The van der Waals surface area contributed by atoms with Crippen molar-refractivity contribution in [2.24, 2.45) is 0 Å². The minimum atomic E-state index is 0.0589. The molecule has 0 aliphatic rings. The van der Waals surface area contributed by atoms with E-state index in [9.17, 15) is 0 Å². The monoisotopic (exact) mass is 421 g/mol. The molecule has 1 N–H and O–H groups in total. The summed E-state index contributed by atoms with van der Waals surface area (Å²) in [5.41, 5.74) is 2.21. The van der Waals surface area contributed by atoms with Crippen molar-refractivity contribution in [3.8, 4) is 0 Å². The topological polar surface area (TPSA) is 12.0 Å². The van der Waals surface area contributed by atoms with Crippen LogP contribution in [0.15, 0.2) is 45.3 Å². The second-order valence-corrected chi connectivity index (χ2v) is 6.74. The van der Waals surface area contributed by atoms with E-state index < -0.39 is 0 Å². The third-order valence-electron chi connectivity index (χ3n) is 2.78. The third kappa shape index (κ3) is 3.73. The van der Waals surface area contributed by atoms with Crippen molar-refractivity contribution in [2.75, 3.05) is 7.05 Å². The van der Waals surface area contributed by atoms with Crippen molar-refractivity contribution < 1.29 is 0 Å². The Labute approximate surface area is 139 Å². The Hall–Kier alpha value is -0.0600. The summed E-state index contributed by atoms with van der Waals surface area (Å²) in [6.45, 7) is 0. The maximum Gasteiger partial charge on any atom is 0.0595 e. The van der Waals surface area contributed by atoms with Gasteiger partial charge in [-0.15, -0.1) is 0 Å². The van der Waals surface area contributed by atoms with Gasteiger partial charge in [0.15, 0.2) is 0 Å². The van der Waals surface area contributed by atoms with Crippen LogP contribution in [0.25, 0.3) is 0 Å². The fourth-order valence-electron chi connectivity index (χ4n) is 1.96. The Morgan fingerprint density at radius 1 is 0.895 bits per heavy atom. The summed E-state index contributed by atoms with van der Waals surface area (Å²) in [5.74, 6) is 0. The molecule has 5 heteroatoms. The molecule has 0 fully saturated rings. The number of benzene rings is 2. The summed E-state index contributed by atoms with van der Waals surface area (Å²) in [6, 6.07) is 11.9. The Morgan fingerprint density at radius 3 is 2.05 bits per heavy atom.